The van der Waals surface area contributed by atoms with E-state index in [1.807, 2.05) is 22.9 Å². The minimum absolute atomic E-state index is 0.0281. The number of nitrogens with one attached hydrogen (secondary N) is 1. The maximum absolute atomic E-state index is 14.3. The van der Waals surface area contributed by atoms with E-state index in [4.69, 9.17) is 4.74 Å². The Labute approximate surface area is 181 Å². The van der Waals surface area contributed by atoms with Gasteiger partial charge in [0.05, 0.1) is 44.5 Å². The lowest BCUT2D eigenvalue weighted by Crippen LogP contribution is -3.15. The predicted molar refractivity (Wildman–Crippen MR) is 114 cm³/mol. The molecule has 3 aromatic rings. The zero-order valence-electron chi connectivity index (χ0n) is 17.5. The third-order valence-electron chi connectivity index (χ3n) is 6.36. The molecule has 2 aliphatic rings. The van der Waals surface area contributed by atoms with Gasteiger partial charge < -0.3 is 14.5 Å². The van der Waals surface area contributed by atoms with Crippen molar-refractivity contribution < 1.29 is 14.0 Å². The fourth-order valence-electron chi connectivity index (χ4n) is 4.77. The number of quaternary nitrogens is 1. The van der Waals surface area contributed by atoms with Crippen molar-refractivity contribution in [2.24, 2.45) is 0 Å². The highest BCUT2D eigenvalue weighted by Gasteiger charge is 2.35. The molecule has 0 aliphatic carbocycles. The first-order chi connectivity index (χ1) is 15.3. The van der Waals surface area contributed by atoms with Crippen LogP contribution < -0.4 is 9.80 Å². The van der Waals surface area contributed by atoms with Gasteiger partial charge >= 0.3 is 0 Å². The first kappa shape index (κ1) is 20.1. The van der Waals surface area contributed by atoms with Crippen molar-refractivity contribution in [3.05, 3.63) is 71.8 Å². The molecular formula is C23H28FN6O+. The minimum atomic E-state index is -0.161. The van der Waals surface area contributed by atoms with Crippen LogP contribution in [0.3, 0.4) is 0 Å². The van der Waals surface area contributed by atoms with Crippen LogP contribution in [0.1, 0.15) is 30.3 Å². The molecule has 1 N–H and O–H groups in total. The second-order valence-electron chi connectivity index (χ2n) is 8.29. The zero-order valence-corrected chi connectivity index (χ0v) is 17.5. The van der Waals surface area contributed by atoms with Crippen molar-refractivity contribution >= 4 is 5.69 Å². The number of benzene rings is 2. The second kappa shape index (κ2) is 9.11. The van der Waals surface area contributed by atoms with E-state index in [9.17, 15) is 4.39 Å². The van der Waals surface area contributed by atoms with Crippen molar-refractivity contribution in [3.8, 4) is 0 Å². The first-order valence-electron chi connectivity index (χ1n) is 11.1. The number of aromatic nitrogens is 4. The van der Waals surface area contributed by atoms with E-state index in [2.05, 4.69) is 44.7 Å². The molecule has 0 radical (unpaired) electrons. The number of ether oxygens (including phenoxy) is 1. The predicted octanol–water partition coefficient (Wildman–Crippen LogP) is 1.49. The number of tetrazole rings is 1. The maximum Gasteiger partial charge on any atom is 0.214 e. The Balaban J connectivity index is 1.39. The summed E-state index contributed by atoms with van der Waals surface area (Å²) in [5.41, 5.74) is 1.88. The highest BCUT2D eigenvalue weighted by molar-refractivity contribution is 5.47. The van der Waals surface area contributed by atoms with Crippen LogP contribution >= 0.6 is 0 Å². The van der Waals surface area contributed by atoms with E-state index in [-0.39, 0.29) is 18.0 Å². The smallest absolute Gasteiger partial charge is 0.214 e. The molecule has 0 unspecified atom stereocenters. The largest absolute Gasteiger partial charge is 0.376 e. The number of anilines is 1. The van der Waals surface area contributed by atoms with Gasteiger partial charge in [0, 0.05) is 12.2 Å². The average molecular weight is 424 g/mol. The summed E-state index contributed by atoms with van der Waals surface area (Å²) >= 11 is 0. The fraction of sp³-hybridized carbons (Fsp3) is 0.435. The standard InChI is InChI=1S/C23H27FN6O/c24-20-10-4-5-11-21(20)28-12-14-29(15-13-28)22(18-7-2-1-3-8-18)23-25-26-27-30(23)17-19-9-6-16-31-19/h1-5,7-8,10-11,19,22H,6,9,12-17H2/p+1/t19-,22+/m1/s1. The quantitative estimate of drug-likeness (QED) is 0.651. The van der Waals surface area contributed by atoms with E-state index < -0.39 is 0 Å². The maximum atomic E-state index is 14.3. The summed E-state index contributed by atoms with van der Waals surface area (Å²) in [5, 5.41) is 12.8. The third-order valence-corrected chi connectivity index (χ3v) is 6.36. The van der Waals surface area contributed by atoms with Gasteiger partial charge in [0.15, 0.2) is 6.04 Å². The summed E-state index contributed by atoms with van der Waals surface area (Å²) in [7, 11) is 0. The number of rotatable bonds is 6. The molecule has 2 atom stereocenters. The van der Waals surface area contributed by atoms with Gasteiger partial charge in [-0.1, -0.05) is 42.5 Å². The van der Waals surface area contributed by atoms with Crippen molar-refractivity contribution in [1.29, 1.82) is 0 Å². The lowest BCUT2D eigenvalue weighted by molar-refractivity contribution is -0.927. The van der Waals surface area contributed by atoms with Gasteiger partial charge in [-0.2, -0.15) is 0 Å². The first-order valence-corrected chi connectivity index (χ1v) is 11.1. The molecule has 3 heterocycles. The Morgan fingerprint density at radius 3 is 2.58 bits per heavy atom. The normalized spacial score (nSPS) is 20.8. The molecule has 2 saturated heterocycles. The molecule has 2 fully saturated rings. The van der Waals surface area contributed by atoms with Gasteiger partial charge in [-0.15, -0.1) is 5.10 Å². The number of nitrogens with zero attached hydrogens (tertiary/aromatic N) is 5. The highest BCUT2D eigenvalue weighted by Crippen LogP contribution is 2.22. The van der Waals surface area contributed by atoms with Crippen LogP contribution in [0.5, 0.6) is 0 Å². The van der Waals surface area contributed by atoms with Crippen LogP contribution in [0.15, 0.2) is 54.6 Å². The number of para-hydroxylation sites is 1. The molecular weight excluding hydrogens is 395 g/mol. The molecule has 0 bridgehead atoms. The minimum Gasteiger partial charge on any atom is -0.376 e. The molecule has 162 valence electrons. The lowest BCUT2D eigenvalue weighted by Gasteiger charge is -2.37. The summed E-state index contributed by atoms with van der Waals surface area (Å²) in [6.07, 6.45) is 2.31. The summed E-state index contributed by atoms with van der Waals surface area (Å²) in [4.78, 5) is 3.53. The average Bonchev–Trinajstić information content (AvgIpc) is 3.49. The Morgan fingerprint density at radius 2 is 1.84 bits per heavy atom. The summed E-state index contributed by atoms with van der Waals surface area (Å²) in [6, 6.07) is 17.5. The Hall–Kier alpha value is -2.84. The molecule has 2 aliphatic heterocycles. The van der Waals surface area contributed by atoms with Gasteiger partial charge in [-0.25, -0.2) is 9.07 Å². The number of piperazine rings is 1. The number of hydrogen-bond acceptors (Lipinski definition) is 5. The SMILES string of the molecule is Fc1ccccc1N1CC[NH+]([C@@H](c2ccccc2)c2nnnn2C[C@H]2CCCO2)CC1. The molecule has 0 saturated carbocycles. The van der Waals surface area contributed by atoms with E-state index in [0.29, 0.717) is 12.2 Å². The molecule has 0 spiro atoms. The van der Waals surface area contributed by atoms with E-state index in [1.54, 1.807) is 6.07 Å². The van der Waals surface area contributed by atoms with Crippen LogP contribution in [-0.4, -0.2) is 59.1 Å². The van der Waals surface area contributed by atoms with Gasteiger partial charge in [-0.05, 0) is 35.4 Å². The monoisotopic (exact) mass is 423 g/mol. The topological polar surface area (TPSA) is 60.5 Å². The van der Waals surface area contributed by atoms with Crippen LogP contribution in [0.4, 0.5) is 10.1 Å². The van der Waals surface area contributed by atoms with Crippen molar-refractivity contribution in [1.82, 2.24) is 20.2 Å². The van der Waals surface area contributed by atoms with Crippen LogP contribution in [0, 0.1) is 5.82 Å². The Morgan fingerprint density at radius 1 is 1.06 bits per heavy atom. The van der Waals surface area contributed by atoms with Crippen LogP contribution in [0.2, 0.25) is 0 Å². The third kappa shape index (κ3) is 4.31. The van der Waals surface area contributed by atoms with Gasteiger partial charge in [0.25, 0.3) is 0 Å². The van der Waals surface area contributed by atoms with Gasteiger partial charge in [-0.3, -0.25) is 0 Å². The second-order valence-corrected chi connectivity index (χ2v) is 8.29. The zero-order chi connectivity index (χ0) is 21.0. The van der Waals surface area contributed by atoms with Crippen LogP contribution in [0.25, 0.3) is 0 Å². The van der Waals surface area contributed by atoms with Crippen molar-refractivity contribution in [3.63, 3.8) is 0 Å². The van der Waals surface area contributed by atoms with Crippen molar-refractivity contribution in [2.45, 2.75) is 31.5 Å². The summed E-state index contributed by atoms with van der Waals surface area (Å²) in [5.74, 6) is 0.710. The van der Waals surface area contributed by atoms with Gasteiger partial charge in [0.2, 0.25) is 5.82 Å². The van der Waals surface area contributed by atoms with E-state index in [1.165, 1.54) is 16.5 Å². The lowest BCUT2D eigenvalue weighted by atomic mass is 10.0. The fourth-order valence-corrected chi connectivity index (χ4v) is 4.77. The molecule has 8 heteroatoms. The molecule has 7 nitrogen and oxygen atoms in total. The van der Waals surface area contributed by atoms with E-state index >= 15 is 0 Å². The summed E-state index contributed by atoms with van der Waals surface area (Å²) < 4.78 is 22.0. The molecule has 2 aromatic carbocycles. The van der Waals surface area contributed by atoms with Gasteiger partial charge in [0.1, 0.15) is 5.82 Å². The molecule has 1 aromatic heterocycles. The Kier molecular flexibility index (Phi) is 5.90. The highest BCUT2D eigenvalue weighted by atomic mass is 19.1. The van der Waals surface area contributed by atoms with Crippen LogP contribution in [-0.2, 0) is 11.3 Å². The Bertz CT molecular complexity index is 982. The van der Waals surface area contributed by atoms with Crippen molar-refractivity contribution in [2.75, 3.05) is 37.7 Å². The summed E-state index contributed by atoms with van der Waals surface area (Å²) in [6.45, 7) is 4.81. The number of halogens is 1. The molecule has 31 heavy (non-hydrogen) atoms. The molecule has 5 rings (SSSR count). The molecule has 0 amide bonds. The number of hydrogen-bond donors (Lipinski definition) is 1. The van der Waals surface area contributed by atoms with E-state index in [0.717, 1.165) is 51.5 Å².